The van der Waals surface area contributed by atoms with Crippen LogP contribution in [-0.2, 0) is 25.6 Å². The molecule has 1 aromatic carbocycles. The summed E-state index contributed by atoms with van der Waals surface area (Å²) in [6, 6.07) is 2.63. The quantitative estimate of drug-likeness (QED) is 0.656. The zero-order valence-electron chi connectivity index (χ0n) is 19.6. The van der Waals surface area contributed by atoms with Gasteiger partial charge in [-0.05, 0) is 43.7 Å². The number of nitrogens with one attached hydrogen (secondary N) is 1. The smallest absolute Gasteiger partial charge is 0.264 e. The maximum Gasteiger partial charge on any atom is 0.264 e. The summed E-state index contributed by atoms with van der Waals surface area (Å²) in [6.07, 6.45) is 0.609. The minimum Gasteiger partial charge on any atom is -0.507 e. The van der Waals surface area contributed by atoms with Crippen LogP contribution >= 0.6 is 0 Å². The molecule has 1 aliphatic heterocycles. The van der Waals surface area contributed by atoms with E-state index in [9.17, 15) is 29.1 Å². The van der Waals surface area contributed by atoms with Gasteiger partial charge in [0.15, 0.2) is 0 Å². The summed E-state index contributed by atoms with van der Waals surface area (Å²) in [6.45, 7) is 5.59. The zero-order valence-corrected chi connectivity index (χ0v) is 19.6. The third-order valence-electron chi connectivity index (χ3n) is 6.03. The predicted octanol–water partition coefficient (Wildman–Crippen LogP) is 1.83. The molecule has 9 nitrogen and oxygen atoms in total. The number of carbonyl (C=O) groups is 5. The van der Waals surface area contributed by atoms with Gasteiger partial charge < -0.3 is 20.1 Å². The van der Waals surface area contributed by atoms with E-state index in [0.29, 0.717) is 24.3 Å². The minimum absolute atomic E-state index is 0.0483. The second-order valence-corrected chi connectivity index (χ2v) is 8.57. The van der Waals surface area contributed by atoms with Crippen molar-refractivity contribution < 1.29 is 33.8 Å². The summed E-state index contributed by atoms with van der Waals surface area (Å²) < 4.78 is 5.66. The van der Waals surface area contributed by atoms with Crippen LogP contribution in [0.1, 0.15) is 62.4 Å². The van der Waals surface area contributed by atoms with E-state index in [4.69, 9.17) is 4.74 Å². The van der Waals surface area contributed by atoms with E-state index in [0.717, 1.165) is 0 Å². The van der Waals surface area contributed by atoms with Crippen LogP contribution in [0.2, 0.25) is 0 Å². The highest BCUT2D eigenvalue weighted by atomic mass is 16.5. The number of ether oxygens (including phenoxy) is 1. The van der Waals surface area contributed by atoms with Crippen molar-refractivity contribution in [3.8, 4) is 11.5 Å². The molecule has 0 bridgehead atoms. The van der Waals surface area contributed by atoms with Gasteiger partial charge in [0, 0.05) is 38.9 Å². The molecule has 2 atom stereocenters. The Labute approximate surface area is 193 Å². The molecule has 33 heavy (non-hydrogen) atoms. The molecule has 0 spiro atoms. The molecule has 0 fully saturated rings. The second kappa shape index (κ2) is 11.6. The number of fused-ring (bicyclic) bond motifs is 1. The van der Waals surface area contributed by atoms with Crippen LogP contribution in [0.4, 0.5) is 0 Å². The Morgan fingerprint density at radius 3 is 2.45 bits per heavy atom. The highest BCUT2D eigenvalue weighted by Crippen LogP contribution is 2.30. The van der Waals surface area contributed by atoms with Crippen molar-refractivity contribution in [2.45, 2.75) is 58.9 Å². The van der Waals surface area contributed by atoms with E-state index in [1.54, 1.807) is 20.0 Å². The normalized spacial score (nSPS) is 20.5. The first kappa shape index (κ1) is 26.0. The van der Waals surface area contributed by atoms with Crippen LogP contribution in [0.3, 0.4) is 0 Å². The highest BCUT2D eigenvalue weighted by molar-refractivity contribution is 6.63. The van der Waals surface area contributed by atoms with E-state index >= 15 is 0 Å². The van der Waals surface area contributed by atoms with E-state index in [2.05, 4.69) is 5.32 Å². The number of aromatic hydroxyl groups is 1. The maximum absolute atomic E-state index is 13.0. The summed E-state index contributed by atoms with van der Waals surface area (Å²) in [4.78, 5) is 62.1. The number of hydrogen-bond acceptors (Lipinski definition) is 7. The van der Waals surface area contributed by atoms with Crippen molar-refractivity contribution in [1.82, 2.24) is 10.2 Å². The largest absolute Gasteiger partial charge is 0.507 e. The van der Waals surface area contributed by atoms with Gasteiger partial charge in [-0.15, -0.1) is 0 Å². The standard InChI is InChI=1S/C24H32N2O7/c1-14-8-9-20(29)23(31)19(28)7-5-6-17-12-18(33-11-10-26(4)16(3)27)13-21(30)22(17)24(32)25-15(14)2/h12-15,30H,5-11H2,1-4H3,(H,25,32)/t14-,15+/m1/s1. The zero-order chi connectivity index (χ0) is 24.7. The Kier molecular flexibility index (Phi) is 9.13. The van der Waals surface area contributed by atoms with E-state index in [1.165, 1.54) is 17.9 Å². The molecule has 2 amide bonds. The molecule has 180 valence electrons. The number of phenols is 1. The van der Waals surface area contributed by atoms with Crippen molar-refractivity contribution in [2.24, 2.45) is 5.92 Å². The van der Waals surface area contributed by atoms with Crippen LogP contribution in [-0.4, -0.2) is 65.4 Å². The highest BCUT2D eigenvalue weighted by Gasteiger charge is 2.26. The molecular weight excluding hydrogens is 428 g/mol. The molecule has 0 aromatic heterocycles. The molecule has 2 rings (SSSR count). The number of carbonyl (C=O) groups excluding carboxylic acids is 5. The molecule has 1 aliphatic rings. The molecule has 1 heterocycles. The lowest BCUT2D eigenvalue weighted by Gasteiger charge is -2.23. The number of aryl methyl sites for hydroxylation is 1. The topological polar surface area (TPSA) is 130 Å². The van der Waals surface area contributed by atoms with Gasteiger partial charge in [-0.25, -0.2) is 0 Å². The van der Waals surface area contributed by atoms with Gasteiger partial charge in [0.1, 0.15) is 18.1 Å². The summed E-state index contributed by atoms with van der Waals surface area (Å²) in [5, 5.41) is 13.5. The van der Waals surface area contributed by atoms with E-state index in [-0.39, 0.29) is 61.5 Å². The lowest BCUT2D eigenvalue weighted by molar-refractivity contribution is -0.144. The maximum atomic E-state index is 13.0. The SMILES string of the molecule is CC(=O)N(C)CCOc1cc(O)c2c(c1)CCCC(=O)C(=O)C(=O)CC[C@@H](C)[C@H](C)NC2=O. The number of phenolic OH excluding ortho intramolecular Hbond substituents is 1. The van der Waals surface area contributed by atoms with E-state index < -0.39 is 23.3 Å². The van der Waals surface area contributed by atoms with Crippen LogP contribution in [0.25, 0.3) is 0 Å². The van der Waals surface area contributed by atoms with Crippen LogP contribution in [0.15, 0.2) is 12.1 Å². The Morgan fingerprint density at radius 2 is 1.79 bits per heavy atom. The van der Waals surface area contributed by atoms with Gasteiger partial charge in [0.05, 0.1) is 12.1 Å². The number of rotatable bonds is 4. The summed E-state index contributed by atoms with van der Waals surface area (Å²) in [5.41, 5.74) is 0.556. The number of ketones is 3. The molecule has 0 aliphatic carbocycles. The lowest BCUT2D eigenvalue weighted by Crippen LogP contribution is -2.38. The molecular formula is C24H32N2O7. The van der Waals surface area contributed by atoms with Crippen molar-refractivity contribution in [2.75, 3.05) is 20.2 Å². The first-order valence-electron chi connectivity index (χ1n) is 11.1. The lowest BCUT2D eigenvalue weighted by atomic mass is 9.92. The number of hydrogen-bond donors (Lipinski definition) is 2. The molecule has 9 heteroatoms. The first-order valence-corrected chi connectivity index (χ1v) is 11.1. The summed E-state index contributed by atoms with van der Waals surface area (Å²) in [7, 11) is 1.64. The van der Waals surface area contributed by atoms with Crippen molar-refractivity contribution in [3.05, 3.63) is 23.3 Å². The van der Waals surface area contributed by atoms with Crippen molar-refractivity contribution in [3.63, 3.8) is 0 Å². The Morgan fingerprint density at radius 1 is 1.12 bits per heavy atom. The van der Waals surface area contributed by atoms with Crippen molar-refractivity contribution in [1.29, 1.82) is 0 Å². The number of amides is 2. The fraction of sp³-hybridized carbons (Fsp3) is 0.542. The first-order chi connectivity index (χ1) is 15.5. The average Bonchev–Trinajstić information content (AvgIpc) is 2.75. The molecule has 0 saturated heterocycles. The third-order valence-corrected chi connectivity index (χ3v) is 6.03. The van der Waals surface area contributed by atoms with Crippen molar-refractivity contribution >= 4 is 29.2 Å². The third kappa shape index (κ3) is 7.13. The fourth-order valence-electron chi connectivity index (χ4n) is 3.51. The van der Waals surface area contributed by atoms with Gasteiger partial charge in [-0.2, -0.15) is 0 Å². The van der Waals surface area contributed by atoms with Crippen LogP contribution < -0.4 is 10.1 Å². The molecule has 0 saturated carbocycles. The molecule has 0 radical (unpaired) electrons. The Bertz CT molecular complexity index is 941. The summed E-state index contributed by atoms with van der Waals surface area (Å²) >= 11 is 0. The number of benzene rings is 1. The Balaban J connectivity index is 2.31. The molecule has 2 N–H and O–H groups in total. The van der Waals surface area contributed by atoms with Gasteiger partial charge in [-0.1, -0.05) is 6.92 Å². The van der Waals surface area contributed by atoms with Gasteiger partial charge in [0.2, 0.25) is 17.5 Å². The number of Topliss-reactive ketones (excluding diaryl/α,β-unsaturated/α-hetero) is 3. The molecule has 0 unspecified atom stereocenters. The number of likely N-dealkylation sites (N-methyl/N-ethyl adjacent to an activating group) is 1. The van der Waals surface area contributed by atoms with Gasteiger partial charge >= 0.3 is 0 Å². The average molecular weight is 461 g/mol. The van der Waals surface area contributed by atoms with Gasteiger partial charge in [-0.3, -0.25) is 24.0 Å². The van der Waals surface area contributed by atoms with Crippen LogP contribution in [0.5, 0.6) is 11.5 Å². The minimum atomic E-state index is -0.981. The fourth-order valence-corrected chi connectivity index (χ4v) is 3.51. The van der Waals surface area contributed by atoms with Crippen LogP contribution in [0, 0.1) is 5.92 Å². The van der Waals surface area contributed by atoms with Gasteiger partial charge in [0.25, 0.3) is 11.7 Å². The predicted molar refractivity (Wildman–Crippen MR) is 120 cm³/mol. The monoisotopic (exact) mass is 460 g/mol. The molecule has 1 aromatic rings. The second-order valence-electron chi connectivity index (χ2n) is 8.57. The Hall–Kier alpha value is -3.23. The number of nitrogens with zero attached hydrogens (tertiary/aromatic N) is 1. The summed E-state index contributed by atoms with van der Waals surface area (Å²) in [5.74, 6) is -3.07. The van der Waals surface area contributed by atoms with E-state index in [1.807, 2.05) is 6.92 Å².